The molecule has 1 amide bonds. The van der Waals surface area contributed by atoms with Crippen molar-refractivity contribution in [3.8, 4) is 0 Å². The van der Waals surface area contributed by atoms with Crippen molar-refractivity contribution in [2.24, 2.45) is 0 Å². The molecule has 9 nitrogen and oxygen atoms in total. The normalized spacial score (nSPS) is 13.8. The van der Waals surface area contributed by atoms with Gasteiger partial charge in [-0.25, -0.2) is 14.6 Å². The molecule has 3 heterocycles. The fourth-order valence-electron chi connectivity index (χ4n) is 3.25. The van der Waals surface area contributed by atoms with Gasteiger partial charge in [-0.15, -0.1) is 5.10 Å². The molecule has 0 bridgehead atoms. The van der Waals surface area contributed by atoms with E-state index >= 15 is 0 Å². The van der Waals surface area contributed by atoms with E-state index in [1.54, 1.807) is 23.1 Å². The predicted molar refractivity (Wildman–Crippen MR) is 113 cm³/mol. The number of nitrogens with zero attached hydrogens (tertiary/aromatic N) is 5. The molecule has 0 saturated carbocycles. The van der Waals surface area contributed by atoms with Gasteiger partial charge in [-0.1, -0.05) is 23.2 Å². The third-order valence-corrected chi connectivity index (χ3v) is 5.33. The van der Waals surface area contributed by atoms with Crippen molar-refractivity contribution in [2.45, 2.75) is 39.3 Å². The quantitative estimate of drug-likeness (QED) is 0.534. The van der Waals surface area contributed by atoms with E-state index in [9.17, 15) is 9.59 Å². The number of fused-ring (bicyclic) bond motifs is 2. The molecular formula is C20H19Cl2N5O4. The molecule has 0 atom stereocenters. The van der Waals surface area contributed by atoms with Crippen LogP contribution >= 0.6 is 23.2 Å². The van der Waals surface area contributed by atoms with E-state index in [-0.39, 0.29) is 27.8 Å². The van der Waals surface area contributed by atoms with Crippen molar-refractivity contribution in [1.82, 2.24) is 25.0 Å². The maximum Gasteiger partial charge on any atom is 0.410 e. The van der Waals surface area contributed by atoms with E-state index < -0.39 is 17.7 Å². The first kappa shape index (κ1) is 21.3. The number of carbonyl (C=O) groups is 2. The van der Waals surface area contributed by atoms with Crippen LogP contribution in [0.4, 0.5) is 4.79 Å². The smallest absolute Gasteiger partial charge is 0.410 e. The summed E-state index contributed by atoms with van der Waals surface area (Å²) in [4.78, 5) is 37.1. The van der Waals surface area contributed by atoms with Crippen molar-refractivity contribution >= 4 is 46.4 Å². The number of ether oxygens (including phenoxy) is 1. The van der Waals surface area contributed by atoms with E-state index in [1.165, 1.54) is 6.20 Å². The highest BCUT2D eigenvalue weighted by atomic mass is 35.5. The number of rotatable bonds is 2. The maximum atomic E-state index is 12.8. The Hall–Kier alpha value is -2.91. The zero-order valence-corrected chi connectivity index (χ0v) is 18.6. The van der Waals surface area contributed by atoms with Crippen LogP contribution in [0.1, 0.15) is 42.3 Å². The van der Waals surface area contributed by atoms with Gasteiger partial charge in [0.25, 0.3) is 0 Å². The van der Waals surface area contributed by atoms with Gasteiger partial charge >= 0.3 is 12.1 Å². The molecule has 1 aliphatic heterocycles. The van der Waals surface area contributed by atoms with Crippen LogP contribution in [-0.2, 0) is 17.7 Å². The van der Waals surface area contributed by atoms with Gasteiger partial charge in [-0.3, -0.25) is 0 Å². The molecule has 31 heavy (non-hydrogen) atoms. The van der Waals surface area contributed by atoms with Crippen LogP contribution < -0.4 is 4.84 Å². The van der Waals surface area contributed by atoms with Crippen molar-refractivity contribution in [2.75, 3.05) is 6.54 Å². The van der Waals surface area contributed by atoms with E-state index in [1.807, 2.05) is 20.8 Å². The highest BCUT2D eigenvalue weighted by Gasteiger charge is 2.30. The molecule has 0 N–H and O–H groups in total. The third kappa shape index (κ3) is 4.28. The second-order valence-electron chi connectivity index (χ2n) is 8.02. The molecule has 0 saturated heterocycles. The van der Waals surface area contributed by atoms with Crippen molar-refractivity contribution in [3.05, 3.63) is 51.1 Å². The Morgan fingerprint density at radius 1 is 1.23 bits per heavy atom. The molecule has 3 aromatic rings. The van der Waals surface area contributed by atoms with Gasteiger partial charge in [0.2, 0.25) is 5.65 Å². The monoisotopic (exact) mass is 463 g/mol. The largest absolute Gasteiger partial charge is 0.444 e. The van der Waals surface area contributed by atoms with Gasteiger partial charge < -0.3 is 14.5 Å². The van der Waals surface area contributed by atoms with E-state index in [0.717, 1.165) is 16.0 Å². The summed E-state index contributed by atoms with van der Waals surface area (Å²) in [6, 6.07) is 5.00. The van der Waals surface area contributed by atoms with E-state index in [2.05, 4.69) is 15.3 Å². The lowest BCUT2D eigenvalue weighted by Gasteiger charge is -2.32. The number of halogens is 2. The number of benzene rings is 1. The lowest BCUT2D eigenvalue weighted by atomic mass is 9.97. The molecule has 0 spiro atoms. The lowest BCUT2D eigenvalue weighted by Crippen LogP contribution is -2.40. The number of pyridine rings is 1. The highest BCUT2D eigenvalue weighted by molar-refractivity contribution is 6.40. The second-order valence-corrected chi connectivity index (χ2v) is 8.81. The van der Waals surface area contributed by atoms with Crippen molar-refractivity contribution in [1.29, 1.82) is 0 Å². The molecule has 1 aromatic carbocycles. The number of aromatic nitrogens is 4. The average Bonchev–Trinajstić information content (AvgIpc) is 3.09. The number of amides is 1. The van der Waals surface area contributed by atoms with Crippen LogP contribution in [-0.4, -0.2) is 49.2 Å². The third-order valence-electron chi connectivity index (χ3n) is 4.61. The standard InChI is InChI=1S/C20H19Cl2N5O4/c1-20(2,3)30-19(29)26-8-6-12-11(10-26)9-13(21)15(16(12)22)18(28)31-27-17-14(24-25-27)5-4-7-23-17/h4-5,7,9H,6,8,10H2,1-3H3. The lowest BCUT2D eigenvalue weighted by molar-refractivity contribution is 0.0222. The van der Waals surface area contributed by atoms with Crippen LogP contribution in [0.3, 0.4) is 0 Å². The van der Waals surface area contributed by atoms with Crippen LogP contribution in [0.15, 0.2) is 24.4 Å². The van der Waals surface area contributed by atoms with Gasteiger partial charge in [0, 0.05) is 19.3 Å². The number of hydrogen-bond donors (Lipinski definition) is 0. The summed E-state index contributed by atoms with van der Waals surface area (Å²) in [5.41, 5.74) is 1.67. The molecule has 2 aromatic heterocycles. The highest BCUT2D eigenvalue weighted by Crippen LogP contribution is 2.35. The first-order valence-electron chi connectivity index (χ1n) is 9.51. The molecule has 11 heteroatoms. The summed E-state index contributed by atoms with van der Waals surface area (Å²) in [6.07, 6.45) is 1.56. The summed E-state index contributed by atoms with van der Waals surface area (Å²) >= 11 is 12.9. The zero-order valence-electron chi connectivity index (χ0n) is 17.1. The van der Waals surface area contributed by atoms with Crippen LogP contribution in [0.5, 0.6) is 0 Å². The topological polar surface area (TPSA) is 99.4 Å². The molecule has 0 unspecified atom stereocenters. The second kappa shape index (κ2) is 7.97. The van der Waals surface area contributed by atoms with Crippen molar-refractivity contribution in [3.63, 3.8) is 0 Å². The van der Waals surface area contributed by atoms with Gasteiger partial charge in [-0.2, -0.15) is 0 Å². The Balaban J connectivity index is 1.59. The summed E-state index contributed by atoms with van der Waals surface area (Å²) < 4.78 is 5.43. The molecule has 1 aliphatic rings. The summed E-state index contributed by atoms with van der Waals surface area (Å²) in [7, 11) is 0. The minimum Gasteiger partial charge on any atom is -0.444 e. The van der Waals surface area contributed by atoms with Crippen molar-refractivity contribution < 1.29 is 19.2 Å². The first-order valence-corrected chi connectivity index (χ1v) is 10.3. The van der Waals surface area contributed by atoms with E-state index in [0.29, 0.717) is 18.5 Å². The molecule has 0 radical (unpaired) electrons. The Morgan fingerprint density at radius 2 is 2.00 bits per heavy atom. The molecule has 162 valence electrons. The summed E-state index contributed by atoms with van der Waals surface area (Å²) in [5, 5.41) is 7.97. The van der Waals surface area contributed by atoms with Crippen LogP contribution in [0.2, 0.25) is 10.0 Å². The SMILES string of the molecule is CC(C)(C)OC(=O)N1CCc2c(cc(Cl)c(C(=O)On3nnc4cccnc43)c2Cl)C1. The van der Waals surface area contributed by atoms with Gasteiger partial charge in [0.1, 0.15) is 11.1 Å². The summed E-state index contributed by atoms with van der Waals surface area (Å²) in [5.74, 6) is -0.787. The molecule has 4 rings (SSSR count). The minimum atomic E-state index is -0.787. The number of carbonyl (C=O) groups excluding carboxylic acids is 2. The number of hydrogen-bond acceptors (Lipinski definition) is 7. The average molecular weight is 464 g/mol. The Bertz CT molecular complexity index is 1190. The van der Waals surface area contributed by atoms with Gasteiger partial charge in [0.15, 0.2) is 0 Å². The molecule has 0 aliphatic carbocycles. The van der Waals surface area contributed by atoms with Gasteiger partial charge in [0.05, 0.1) is 15.6 Å². The predicted octanol–water partition coefficient (Wildman–Crippen LogP) is 3.70. The minimum absolute atomic E-state index is 0.0207. The fraction of sp³-hybridized carbons (Fsp3) is 0.350. The van der Waals surface area contributed by atoms with E-state index in [4.69, 9.17) is 32.8 Å². The van der Waals surface area contributed by atoms with Crippen LogP contribution in [0, 0.1) is 0 Å². The summed E-state index contributed by atoms with van der Waals surface area (Å²) in [6.45, 7) is 6.10. The van der Waals surface area contributed by atoms with Gasteiger partial charge in [-0.05, 0) is 66.6 Å². The maximum absolute atomic E-state index is 12.8. The fourth-order valence-corrected chi connectivity index (χ4v) is 4.00. The Labute approximate surface area is 187 Å². The van der Waals surface area contributed by atoms with Crippen LogP contribution in [0.25, 0.3) is 11.2 Å². The Kier molecular flexibility index (Phi) is 5.49. The molecular weight excluding hydrogens is 445 g/mol. The first-order chi connectivity index (χ1) is 14.6. The Morgan fingerprint density at radius 3 is 2.74 bits per heavy atom. The molecule has 0 fully saturated rings. The zero-order chi connectivity index (χ0) is 22.3.